The Kier molecular flexibility index (Phi) is 9.41. The van der Waals surface area contributed by atoms with E-state index < -0.39 is 0 Å². The van der Waals surface area contributed by atoms with Gasteiger partial charge in [0.2, 0.25) is 0 Å². The summed E-state index contributed by atoms with van der Waals surface area (Å²) in [4.78, 5) is 9.61. The minimum Gasteiger partial charge on any atom is -0.381 e. The number of guanidine groups is 1. The van der Waals surface area contributed by atoms with Crippen molar-refractivity contribution < 1.29 is 4.74 Å². The Hall–Kier alpha value is -1.28. The van der Waals surface area contributed by atoms with Gasteiger partial charge in [-0.1, -0.05) is 24.3 Å². The highest BCUT2D eigenvalue weighted by Crippen LogP contribution is 2.19. The van der Waals surface area contributed by atoms with Crippen LogP contribution in [-0.2, 0) is 11.3 Å². The summed E-state index contributed by atoms with van der Waals surface area (Å²) < 4.78 is 5.59. The zero-order valence-corrected chi connectivity index (χ0v) is 18.9. The number of hydrogen-bond acceptors (Lipinski definition) is 3. The van der Waals surface area contributed by atoms with E-state index in [4.69, 9.17) is 9.73 Å². The van der Waals surface area contributed by atoms with E-state index in [1.165, 1.54) is 17.7 Å². The Morgan fingerprint density at radius 3 is 2.59 bits per heavy atom. The van der Waals surface area contributed by atoms with Gasteiger partial charge in [0.25, 0.3) is 0 Å². The Morgan fingerprint density at radius 1 is 1.19 bits per heavy atom. The number of ether oxygens (including phenoxy) is 1. The number of halogens is 1. The van der Waals surface area contributed by atoms with Crippen molar-refractivity contribution in [1.29, 1.82) is 0 Å². The van der Waals surface area contributed by atoms with Crippen LogP contribution in [0.3, 0.4) is 0 Å². The first-order valence-electron chi connectivity index (χ1n) is 9.90. The lowest BCUT2D eigenvalue weighted by molar-refractivity contribution is 0.114. The van der Waals surface area contributed by atoms with Crippen LogP contribution in [0.25, 0.3) is 0 Å². The molecule has 2 aliphatic heterocycles. The first-order valence-corrected chi connectivity index (χ1v) is 9.90. The fraction of sp³-hybridized carbons (Fsp3) is 0.571. The van der Waals surface area contributed by atoms with Gasteiger partial charge in [-0.25, -0.2) is 4.99 Å². The summed E-state index contributed by atoms with van der Waals surface area (Å²) in [7, 11) is 0. The molecule has 1 atom stereocenters. The molecule has 2 aliphatic rings. The van der Waals surface area contributed by atoms with Gasteiger partial charge >= 0.3 is 0 Å². The second kappa shape index (κ2) is 11.5. The molecule has 0 amide bonds. The summed E-state index contributed by atoms with van der Waals surface area (Å²) in [5.74, 6) is 1.64. The van der Waals surface area contributed by atoms with Gasteiger partial charge < -0.3 is 19.9 Å². The van der Waals surface area contributed by atoms with E-state index in [1.54, 1.807) is 0 Å². The number of benzene rings is 1. The van der Waals surface area contributed by atoms with Crippen LogP contribution in [0.1, 0.15) is 25.8 Å². The first-order chi connectivity index (χ1) is 12.8. The Morgan fingerprint density at radius 2 is 1.93 bits per heavy atom. The van der Waals surface area contributed by atoms with Crippen LogP contribution in [0, 0.1) is 5.92 Å². The van der Waals surface area contributed by atoms with Crippen molar-refractivity contribution in [2.45, 2.75) is 26.8 Å². The van der Waals surface area contributed by atoms with E-state index in [2.05, 4.69) is 65.4 Å². The molecule has 3 rings (SSSR count). The molecule has 6 heteroatoms. The lowest BCUT2D eigenvalue weighted by Crippen LogP contribution is -2.40. The molecule has 1 N–H and O–H groups in total. The lowest BCUT2D eigenvalue weighted by Gasteiger charge is -2.22. The monoisotopic (exact) mass is 484 g/mol. The Balaban J connectivity index is 0.00000261. The molecule has 0 saturated carbocycles. The molecule has 1 aromatic rings. The maximum Gasteiger partial charge on any atom is 0.194 e. The minimum atomic E-state index is 0. The van der Waals surface area contributed by atoms with Crippen LogP contribution < -0.4 is 10.2 Å². The van der Waals surface area contributed by atoms with Gasteiger partial charge in [-0.05, 0) is 38.0 Å². The topological polar surface area (TPSA) is 40.1 Å². The molecular weight excluding hydrogens is 451 g/mol. The van der Waals surface area contributed by atoms with E-state index >= 15 is 0 Å². The Bertz CT molecular complexity index is 609. The van der Waals surface area contributed by atoms with Gasteiger partial charge in [-0.2, -0.15) is 0 Å². The molecule has 1 aromatic carbocycles. The summed E-state index contributed by atoms with van der Waals surface area (Å²) >= 11 is 0. The molecular formula is C21H33IN4O. The Labute approximate surface area is 180 Å². The third-order valence-corrected chi connectivity index (χ3v) is 5.01. The zero-order valence-electron chi connectivity index (χ0n) is 16.6. The van der Waals surface area contributed by atoms with E-state index in [9.17, 15) is 0 Å². The van der Waals surface area contributed by atoms with Crippen molar-refractivity contribution in [1.82, 2.24) is 10.2 Å². The quantitative estimate of drug-likeness (QED) is 0.279. The summed E-state index contributed by atoms with van der Waals surface area (Å²) in [6.45, 7) is 11.6. The van der Waals surface area contributed by atoms with Crippen LogP contribution in [0.2, 0.25) is 0 Å². The fourth-order valence-corrected chi connectivity index (χ4v) is 3.54. The third kappa shape index (κ3) is 6.38. The van der Waals surface area contributed by atoms with E-state index in [0.29, 0.717) is 12.5 Å². The first kappa shape index (κ1) is 22.0. The highest BCUT2D eigenvalue weighted by Gasteiger charge is 2.24. The number of nitrogens with zero attached hydrogens (tertiary/aromatic N) is 3. The number of rotatable bonds is 7. The number of nitrogens with one attached hydrogen (secondary N) is 1. The van der Waals surface area contributed by atoms with Crippen molar-refractivity contribution in [3.63, 3.8) is 0 Å². The maximum absolute atomic E-state index is 5.59. The normalized spacial score (nSPS) is 19.5. The minimum absolute atomic E-state index is 0. The third-order valence-electron chi connectivity index (χ3n) is 5.01. The average Bonchev–Trinajstić information content (AvgIpc) is 3.36. The molecule has 0 aromatic heterocycles. The highest BCUT2D eigenvalue weighted by molar-refractivity contribution is 14.0. The molecule has 1 unspecified atom stereocenters. The van der Waals surface area contributed by atoms with Crippen molar-refractivity contribution in [3.05, 3.63) is 42.0 Å². The molecule has 2 heterocycles. The number of hydrogen-bond donors (Lipinski definition) is 1. The smallest absolute Gasteiger partial charge is 0.194 e. The second-order valence-corrected chi connectivity index (χ2v) is 6.97. The molecule has 150 valence electrons. The highest BCUT2D eigenvalue weighted by atomic mass is 127. The van der Waals surface area contributed by atoms with Gasteiger partial charge in [0.15, 0.2) is 5.96 Å². The maximum atomic E-state index is 5.59. The predicted octanol–water partition coefficient (Wildman–Crippen LogP) is 3.50. The van der Waals surface area contributed by atoms with Crippen molar-refractivity contribution in [2.75, 3.05) is 50.8 Å². The lowest BCUT2D eigenvalue weighted by atomic mass is 10.1. The number of anilines is 1. The summed E-state index contributed by atoms with van der Waals surface area (Å²) in [5.41, 5.74) is 2.54. The number of aliphatic imine (C=N–C) groups is 1. The second-order valence-electron chi connectivity index (χ2n) is 6.97. The van der Waals surface area contributed by atoms with E-state index in [1.807, 2.05) is 0 Å². The van der Waals surface area contributed by atoms with Crippen LogP contribution in [0.15, 0.2) is 41.4 Å². The van der Waals surface area contributed by atoms with Gasteiger partial charge in [-0.3, -0.25) is 0 Å². The van der Waals surface area contributed by atoms with Crippen LogP contribution >= 0.6 is 24.0 Å². The molecule has 0 aliphatic carbocycles. The van der Waals surface area contributed by atoms with Crippen LogP contribution in [0.4, 0.5) is 5.69 Å². The largest absolute Gasteiger partial charge is 0.381 e. The molecule has 27 heavy (non-hydrogen) atoms. The van der Waals surface area contributed by atoms with E-state index in [0.717, 1.165) is 51.9 Å². The average molecular weight is 484 g/mol. The van der Waals surface area contributed by atoms with Crippen LogP contribution in [0.5, 0.6) is 0 Å². The zero-order chi connectivity index (χ0) is 18.2. The predicted molar refractivity (Wildman–Crippen MR) is 124 cm³/mol. The molecule has 0 spiro atoms. The van der Waals surface area contributed by atoms with Crippen LogP contribution in [-0.4, -0.2) is 56.8 Å². The van der Waals surface area contributed by atoms with Gasteiger partial charge in [0, 0.05) is 50.9 Å². The van der Waals surface area contributed by atoms with Crippen molar-refractivity contribution >= 4 is 35.6 Å². The van der Waals surface area contributed by atoms with Crippen molar-refractivity contribution in [3.8, 4) is 0 Å². The standard InChI is InChI=1S/C21H32N4O.HI/c1-3-22-21(25-14-11-19(16-25)17-26-4-2)23-15-18-7-9-20(10-8-18)24-12-5-6-13-24;/h5-10,19H,3-4,11-17H2,1-2H3,(H,22,23);1H. The summed E-state index contributed by atoms with van der Waals surface area (Å²) in [6.07, 6.45) is 5.62. The molecule has 0 radical (unpaired) electrons. The molecule has 0 bridgehead atoms. The van der Waals surface area contributed by atoms with Gasteiger partial charge in [-0.15, -0.1) is 24.0 Å². The van der Waals surface area contributed by atoms with E-state index in [-0.39, 0.29) is 24.0 Å². The fourth-order valence-electron chi connectivity index (χ4n) is 3.54. The molecule has 1 saturated heterocycles. The summed E-state index contributed by atoms with van der Waals surface area (Å²) in [5, 5.41) is 3.45. The summed E-state index contributed by atoms with van der Waals surface area (Å²) in [6, 6.07) is 8.81. The molecule has 1 fully saturated rings. The van der Waals surface area contributed by atoms with Crippen molar-refractivity contribution in [2.24, 2.45) is 10.9 Å². The molecule has 5 nitrogen and oxygen atoms in total. The van der Waals surface area contributed by atoms with Gasteiger partial charge in [0.1, 0.15) is 0 Å². The SMILES string of the molecule is CCNC(=NCc1ccc(N2CC=CC2)cc1)N1CCC(COCC)C1.I. The van der Waals surface area contributed by atoms with Gasteiger partial charge in [0.05, 0.1) is 13.2 Å². The number of likely N-dealkylation sites (tertiary alicyclic amines) is 1.